The third kappa shape index (κ3) is 3.54. The fourth-order valence-corrected chi connectivity index (χ4v) is 3.03. The summed E-state index contributed by atoms with van der Waals surface area (Å²) in [6.07, 6.45) is 4.42. The number of aromatic nitrogens is 3. The largest absolute Gasteiger partial charge is 0.325 e. The first-order chi connectivity index (χ1) is 11.2. The number of carbonyl (C=O) groups is 1. The molecule has 6 nitrogen and oxygen atoms in total. The van der Waals surface area contributed by atoms with Gasteiger partial charge in [0.25, 0.3) is 0 Å². The Bertz CT molecular complexity index is 712. The SMILES string of the molecule is CNCC(=O)Nc1ccc(Cl)c(-c2nnc3n2CCCCC3)c1. The number of likely N-dealkylation sites (N-methyl/N-ethyl adjacent to an activating group) is 1. The molecular formula is C16H20ClN5O. The van der Waals surface area contributed by atoms with Crippen LogP contribution in [-0.4, -0.2) is 34.3 Å². The lowest BCUT2D eigenvalue weighted by atomic mass is 10.1. The Morgan fingerprint density at radius 1 is 1.30 bits per heavy atom. The van der Waals surface area contributed by atoms with Gasteiger partial charge in [-0.1, -0.05) is 18.0 Å². The average molecular weight is 334 g/mol. The third-order valence-corrected chi connectivity index (χ3v) is 4.27. The molecule has 0 bridgehead atoms. The summed E-state index contributed by atoms with van der Waals surface area (Å²) in [7, 11) is 1.73. The van der Waals surface area contributed by atoms with Gasteiger partial charge in [-0.15, -0.1) is 10.2 Å². The number of amides is 1. The number of hydrogen-bond donors (Lipinski definition) is 2. The zero-order valence-corrected chi connectivity index (χ0v) is 13.9. The van der Waals surface area contributed by atoms with Crippen LogP contribution in [0.1, 0.15) is 25.1 Å². The number of aryl methyl sites for hydroxylation is 1. The van der Waals surface area contributed by atoms with Gasteiger partial charge in [-0.3, -0.25) is 4.79 Å². The number of hydrogen-bond acceptors (Lipinski definition) is 4. The summed E-state index contributed by atoms with van der Waals surface area (Å²) in [4.78, 5) is 11.7. The fraction of sp³-hybridized carbons (Fsp3) is 0.438. The summed E-state index contributed by atoms with van der Waals surface area (Å²) in [6, 6.07) is 5.43. The van der Waals surface area contributed by atoms with E-state index >= 15 is 0 Å². The predicted molar refractivity (Wildman–Crippen MR) is 90.6 cm³/mol. The molecule has 2 heterocycles. The number of fused-ring (bicyclic) bond motifs is 1. The second-order valence-electron chi connectivity index (χ2n) is 5.68. The van der Waals surface area contributed by atoms with Crippen LogP contribution in [-0.2, 0) is 17.8 Å². The van der Waals surface area contributed by atoms with Crippen molar-refractivity contribution in [1.82, 2.24) is 20.1 Å². The minimum absolute atomic E-state index is 0.0964. The first-order valence-corrected chi connectivity index (χ1v) is 8.23. The summed E-state index contributed by atoms with van der Waals surface area (Å²) in [5, 5.41) is 14.9. The van der Waals surface area contributed by atoms with Crippen LogP contribution >= 0.6 is 11.6 Å². The molecule has 0 radical (unpaired) electrons. The Morgan fingerprint density at radius 3 is 3.00 bits per heavy atom. The van der Waals surface area contributed by atoms with Crippen molar-refractivity contribution in [1.29, 1.82) is 0 Å². The summed E-state index contributed by atoms with van der Waals surface area (Å²) in [6.45, 7) is 1.17. The predicted octanol–water partition coefficient (Wildman–Crippen LogP) is 2.48. The van der Waals surface area contributed by atoms with Crippen molar-refractivity contribution in [3.63, 3.8) is 0 Å². The molecule has 0 unspecified atom stereocenters. The van der Waals surface area contributed by atoms with Crippen LogP contribution in [0.2, 0.25) is 5.02 Å². The molecule has 0 atom stereocenters. The molecule has 2 N–H and O–H groups in total. The van der Waals surface area contributed by atoms with Crippen LogP contribution in [0.5, 0.6) is 0 Å². The summed E-state index contributed by atoms with van der Waals surface area (Å²) in [5.74, 6) is 1.69. The number of rotatable bonds is 4. The number of carbonyl (C=O) groups excluding carboxylic acids is 1. The quantitative estimate of drug-likeness (QED) is 0.901. The number of nitrogens with zero attached hydrogens (tertiary/aromatic N) is 3. The van der Waals surface area contributed by atoms with Crippen LogP contribution in [0.15, 0.2) is 18.2 Å². The average Bonchev–Trinajstić information content (AvgIpc) is 2.78. The number of benzene rings is 1. The molecule has 122 valence electrons. The Morgan fingerprint density at radius 2 is 2.17 bits per heavy atom. The van der Waals surface area contributed by atoms with Crippen molar-refractivity contribution < 1.29 is 4.79 Å². The van der Waals surface area contributed by atoms with Crippen LogP contribution in [0.25, 0.3) is 11.4 Å². The van der Waals surface area contributed by atoms with Crippen LogP contribution in [0, 0.1) is 0 Å². The van der Waals surface area contributed by atoms with E-state index in [1.165, 1.54) is 6.42 Å². The molecule has 0 saturated heterocycles. The fourth-order valence-electron chi connectivity index (χ4n) is 2.82. The first kappa shape index (κ1) is 16.0. The lowest BCUT2D eigenvalue weighted by molar-refractivity contribution is -0.115. The van der Waals surface area contributed by atoms with E-state index in [1.807, 2.05) is 6.07 Å². The van der Waals surface area contributed by atoms with Crippen molar-refractivity contribution in [2.45, 2.75) is 32.2 Å². The molecule has 7 heteroatoms. The Kier molecular flexibility index (Phi) is 4.93. The van der Waals surface area contributed by atoms with Crippen LogP contribution < -0.4 is 10.6 Å². The van der Waals surface area contributed by atoms with E-state index < -0.39 is 0 Å². The maximum Gasteiger partial charge on any atom is 0.238 e. The van der Waals surface area contributed by atoms with Gasteiger partial charge in [0, 0.05) is 24.2 Å². The van der Waals surface area contributed by atoms with Gasteiger partial charge in [0.05, 0.1) is 11.6 Å². The molecule has 2 aromatic rings. The molecule has 0 aliphatic carbocycles. The normalized spacial score (nSPS) is 14.2. The van der Waals surface area contributed by atoms with E-state index in [-0.39, 0.29) is 12.5 Å². The molecule has 1 aromatic heterocycles. The maximum atomic E-state index is 11.7. The van der Waals surface area contributed by atoms with Crippen molar-refractivity contribution in [3.05, 3.63) is 29.0 Å². The molecule has 0 saturated carbocycles. The molecule has 1 aromatic carbocycles. The van der Waals surface area contributed by atoms with Gasteiger partial charge >= 0.3 is 0 Å². The van der Waals surface area contributed by atoms with Gasteiger partial charge in [0.2, 0.25) is 5.91 Å². The highest BCUT2D eigenvalue weighted by atomic mass is 35.5. The van der Waals surface area contributed by atoms with E-state index in [4.69, 9.17) is 11.6 Å². The number of anilines is 1. The van der Waals surface area contributed by atoms with Crippen molar-refractivity contribution in [2.75, 3.05) is 18.9 Å². The summed E-state index contributed by atoms with van der Waals surface area (Å²) in [5.41, 5.74) is 1.50. The molecule has 0 spiro atoms. The molecular weight excluding hydrogens is 314 g/mol. The second kappa shape index (κ2) is 7.10. The van der Waals surface area contributed by atoms with Gasteiger partial charge in [0.15, 0.2) is 5.82 Å². The highest BCUT2D eigenvalue weighted by Gasteiger charge is 2.18. The first-order valence-electron chi connectivity index (χ1n) is 7.85. The number of halogens is 1. The number of nitrogens with one attached hydrogen (secondary N) is 2. The van der Waals surface area contributed by atoms with E-state index in [0.29, 0.717) is 10.7 Å². The Balaban J connectivity index is 1.93. The molecule has 1 aliphatic rings. The van der Waals surface area contributed by atoms with Gasteiger partial charge in [-0.05, 0) is 38.1 Å². The molecule has 23 heavy (non-hydrogen) atoms. The van der Waals surface area contributed by atoms with E-state index in [2.05, 4.69) is 25.4 Å². The lowest BCUT2D eigenvalue weighted by Crippen LogP contribution is -2.25. The molecule has 3 rings (SSSR count). The Labute approximate surface area is 140 Å². The van der Waals surface area contributed by atoms with Gasteiger partial charge < -0.3 is 15.2 Å². The molecule has 0 fully saturated rings. The van der Waals surface area contributed by atoms with Crippen molar-refractivity contribution >= 4 is 23.2 Å². The van der Waals surface area contributed by atoms with Crippen molar-refractivity contribution in [2.24, 2.45) is 0 Å². The Hall–Kier alpha value is -1.92. The van der Waals surface area contributed by atoms with E-state index in [9.17, 15) is 4.79 Å². The minimum Gasteiger partial charge on any atom is -0.325 e. The zero-order chi connectivity index (χ0) is 16.2. The second-order valence-corrected chi connectivity index (χ2v) is 6.08. The summed E-state index contributed by atoms with van der Waals surface area (Å²) < 4.78 is 2.15. The zero-order valence-electron chi connectivity index (χ0n) is 13.1. The monoisotopic (exact) mass is 333 g/mol. The minimum atomic E-state index is -0.0964. The molecule has 1 aliphatic heterocycles. The maximum absolute atomic E-state index is 11.7. The van der Waals surface area contributed by atoms with Crippen LogP contribution in [0.3, 0.4) is 0 Å². The lowest BCUT2D eigenvalue weighted by Gasteiger charge is -2.11. The van der Waals surface area contributed by atoms with Gasteiger partial charge in [-0.25, -0.2) is 0 Å². The van der Waals surface area contributed by atoms with Gasteiger partial charge in [-0.2, -0.15) is 0 Å². The highest BCUT2D eigenvalue weighted by molar-refractivity contribution is 6.33. The topological polar surface area (TPSA) is 71.8 Å². The van der Waals surface area contributed by atoms with E-state index in [1.54, 1.807) is 19.2 Å². The van der Waals surface area contributed by atoms with Crippen LogP contribution in [0.4, 0.5) is 5.69 Å². The standard InChI is InChI=1S/C16H20ClN5O/c1-18-10-15(23)19-11-6-7-13(17)12(9-11)16-21-20-14-5-3-2-4-8-22(14)16/h6-7,9,18H,2-5,8,10H2,1H3,(H,19,23). The summed E-state index contributed by atoms with van der Waals surface area (Å²) >= 11 is 6.36. The van der Waals surface area contributed by atoms with E-state index in [0.717, 1.165) is 43.0 Å². The van der Waals surface area contributed by atoms with Gasteiger partial charge in [0.1, 0.15) is 5.82 Å². The highest BCUT2D eigenvalue weighted by Crippen LogP contribution is 2.31. The molecule has 1 amide bonds. The smallest absolute Gasteiger partial charge is 0.238 e. The van der Waals surface area contributed by atoms with Crippen molar-refractivity contribution in [3.8, 4) is 11.4 Å². The third-order valence-electron chi connectivity index (χ3n) is 3.94.